The Labute approximate surface area is 163 Å². The molecule has 3 rings (SSSR count). The Balaban J connectivity index is 1.60. The maximum Gasteiger partial charge on any atom is 0.242 e. The third-order valence-corrected chi connectivity index (χ3v) is 6.32. The first-order valence-electron chi connectivity index (χ1n) is 8.65. The van der Waals surface area contributed by atoms with Crippen molar-refractivity contribution in [2.45, 2.75) is 36.7 Å². The van der Waals surface area contributed by atoms with Gasteiger partial charge < -0.3 is 4.90 Å². The highest BCUT2D eigenvalue weighted by atomic mass is 35.5. The summed E-state index contributed by atoms with van der Waals surface area (Å²) >= 11 is 5.93. The van der Waals surface area contributed by atoms with Gasteiger partial charge in [0.05, 0.1) is 5.02 Å². The first kappa shape index (κ1) is 19.8. The highest BCUT2D eigenvalue weighted by Crippen LogP contribution is 2.29. The minimum absolute atomic E-state index is 0.00532. The zero-order valence-corrected chi connectivity index (χ0v) is 16.1. The predicted molar refractivity (Wildman–Crippen MR) is 101 cm³/mol. The Morgan fingerprint density at radius 2 is 1.81 bits per heavy atom. The summed E-state index contributed by atoms with van der Waals surface area (Å²) in [5.41, 5.74) is 0.453. The number of benzene rings is 2. The van der Waals surface area contributed by atoms with E-state index in [4.69, 9.17) is 11.6 Å². The number of halogens is 2. The molecule has 2 aromatic rings. The number of nitrogens with zero attached hydrogens (tertiary/aromatic N) is 1. The molecule has 0 spiro atoms. The molecule has 0 radical (unpaired) electrons. The highest BCUT2D eigenvalue weighted by molar-refractivity contribution is 7.89. The first-order valence-corrected chi connectivity index (χ1v) is 10.5. The molecule has 1 aliphatic carbocycles. The molecule has 0 bridgehead atoms. The van der Waals surface area contributed by atoms with Crippen molar-refractivity contribution in [3.8, 4) is 0 Å². The van der Waals surface area contributed by atoms with Gasteiger partial charge >= 0.3 is 0 Å². The number of carbonyl (C=O) groups is 1. The van der Waals surface area contributed by atoms with Crippen LogP contribution in [-0.4, -0.2) is 31.8 Å². The van der Waals surface area contributed by atoms with Crippen LogP contribution in [0.4, 0.5) is 4.39 Å². The van der Waals surface area contributed by atoms with E-state index in [2.05, 4.69) is 4.72 Å². The van der Waals surface area contributed by atoms with Crippen molar-refractivity contribution in [2.75, 3.05) is 6.54 Å². The van der Waals surface area contributed by atoms with Crippen LogP contribution in [0.5, 0.6) is 0 Å². The number of hydrogen-bond acceptors (Lipinski definition) is 3. The van der Waals surface area contributed by atoms with Gasteiger partial charge in [0, 0.05) is 31.1 Å². The lowest BCUT2D eigenvalue weighted by Crippen LogP contribution is -2.36. The van der Waals surface area contributed by atoms with Crippen molar-refractivity contribution in [1.29, 1.82) is 0 Å². The molecule has 0 aliphatic heterocycles. The lowest BCUT2D eigenvalue weighted by atomic mass is 10.2. The summed E-state index contributed by atoms with van der Waals surface area (Å²) in [6.45, 7) is 0.139. The van der Waals surface area contributed by atoms with Gasteiger partial charge in [-0.05, 0) is 31.0 Å². The van der Waals surface area contributed by atoms with Crippen molar-refractivity contribution in [1.82, 2.24) is 9.62 Å². The highest BCUT2D eigenvalue weighted by Gasteiger charge is 2.32. The van der Waals surface area contributed by atoms with E-state index >= 15 is 0 Å². The zero-order chi connectivity index (χ0) is 19.4. The van der Waals surface area contributed by atoms with Gasteiger partial charge in [-0.3, -0.25) is 4.79 Å². The fourth-order valence-electron chi connectivity index (χ4n) is 2.79. The Hall–Kier alpha value is -1.96. The summed E-state index contributed by atoms with van der Waals surface area (Å²) in [7, 11) is -3.80. The molecule has 1 N–H and O–H groups in total. The van der Waals surface area contributed by atoms with E-state index in [-0.39, 0.29) is 47.2 Å². The van der Waals surface area contributed by atoms with E-state index in [1.54, 1.807) is 35.2 Å². The second kappa shape index (κ2) is 8.37. The molecule has 0 aromatic heterocycles. The summed E-state index contributed by atoms with van der Waals surface area (Å²) in [6, 6.07) is 12.6. The van der Waals surface area contributed by atoms with Crippen LogP contribution in [0.15, 0.2) is 53.4 Å². The molecule has 2 aromatic carbocycles. The minimum Gasteiger partial charge on any atom is -0.335 e. The molecule has 1 aliphatic rings. The van der Waals surface area contributed by atoms with Crippen LogP contribution >= 0.6 is 11.6 Å². The van der Waals surface area contributed by atoms with Gasteiger partial charge in [-0.15, -0.1) is 0 Å². The number of sulfonamides is 1. The van der Waals surface area contributed by atoms with E-state index in [1.165, 1.54) is 18.2 Å². The topological polar surface area (TPSA) is 66.5 Å². The van der Waals surface area contributed by atoms with Crippen LogP contribution in [0.25, 0.3) is 0 Å². The summed E-state index contributed by atoms with van der Waals surface area (Å²) < 4.78 is 40.9. The average Bonchev–Trinajstić information content (AvgIpc) is 3.46. The van der Waals surface area contributed by atoms with Crippen molar-refractivity contribution in [2.24, 2.45) is 0 Å². The SMILES string of the molecule is O=C(CCNS(=O)(=O)c1ccccc1Cl)N(Cc1ccccc1F)C1CC1. The molecule has 0 unspecified atom stereocenters. The van der Waals surface area contributed by atoms with Crippen molar-refractivity contribution >= 4 is 27.5 Å². The lowest BCUT2D eigenvalue weighted by Gasteiger charge is -2.23. The van der Waals surface area contributed by atoms with Gasteiger partial charge in [0.1, 0.15) is 10.7 Å². The Kier molecular flexibility index (Phi) is 6.14. The molecule has 0 saturated heterocycles. The summed E-state index contributed by atoms with van der Waals surface area (Å²) in [6.07, 6.45) is 1.76. The van der Waals surface area contributed by atoms with E-state index in [0.717, 1.165) is 12.8 Å². The standard InChI is InChI=1S/C19H20ClFN2O3S/c20-16-6-2-4-8-18(16)27(25,26)22-12-11-19(24)23(15-9-10-15)13-14-5-1-3-7-17(14)21/h1-8,15,22H,9-13H2. The molecule has 0 atom stereocenters. The van der Waals surface area contributed by atoms with Crippen LogP contribution in [-0.2, 0) is 21.4 Å². The van der Waals surface area contributed by atoms with Crippen LogP contribution in [0.1, 0.15) is 24.8 Å². The fourth-order valence-corrected chi connectivity index (χ4v) is 4.34. The van der Waals surface area contributed by atoms with Crippen molar-refractivity contribution < 1.29 is 17.6 Å². The number of rotatable bonds is 8. The van der Waals surface area contributed by atoms with E-state index in [1.807, 2.05) is 0 Å². The lowest BCUT2D eigenvalue weighted by molar-refractivity contribution is -0.132. The molecule has 5 nitrogen and oxygen atoms in total. The summed E-state index contributed by atoms with van der Waals surface area (Å²) in [4.78, 5) is 14.2. The minimum atomic E-state index is -3.80. The van der Waals surface area contributed by atoms with Crippen LogP contribution < -0.4 is 4.72 Å². The number of carbonyl (C=O) groups excluding carboxylic acids is 1. The number of nitrogens with one attached hydrogen (secondary N) is 1. The second-order valence-electron chi connectivity index (χ2n) is 6.42. The van der Waals surface area contributed by atoms with E-state index in [0.29, 0.717) is 5.56 Å². The third kappa shape index (κ3) is 5.06. The van der Waals surface area contributed by atoms with Crippen molar-refractivity contribution in [3.63, 3.8) is 0 Å². The van der Waals surface area contributed by atoms with E-state index in [9.17, 15) is 17.6 Å². The van der Waals surface area contributed by atoms with Gasteiger partial charge in [0.15, 0.2) is 0 Å². The Morgan fingerprint density at radius 1 is 1.15 bits per heavy atom. The molecule has 1 amide bonds. The maximum absolute atomic E-state index is 13.9. The largest absolute Gasteiger partial charge is 0.335 e. The molecular weight excluding hydrogens is 391 g/mol. The Morgan fingerprint density at radius 3 is 2.48 bits per heavy atom. The van der Waals surface area contributed by atoms with E-state index < -0.39 is 10.0 Å². The maximum atomic E-state index is 13.9. The monoisotopic (exact) mass is 410 g/mol. The molecular formula is C19H20ClFN2O3S. The average molecular weight is 411 g/mol. The number of hydrogen-bond donors (Lipinski definition) is 1. The first-order chi connectivity index (χ1) is 12.9. The fraction of sp³-hybridized carbons (Fsp3) is 0.316. The number of amides is 1. The molecule has 1 fully saturated rings. The molecule has 8 heteroatoms. The molecule has 144 valence electrons. The van der Waals surface area contributed by atoms with Gasteiger partial charge in [0.25, 0.3) is 0 Å². The molecule has 0 heterocycles. The molecule has 1 saturated carbocycles. The quantitative estimate of drug-likeness (QED) is 0.725. The normalized spacial score (nSPS) is 14.1. The summed E-state index contributed by atoms with van der Waals surface area (Å²) in [5.74, 6) is -0.557. The van der Waals surface area contributed by atoms with Crippen LogP contribution in [0.2, 0.25) is 5.02 Å². The van der Waals surface area contributed by atoms with Gasteiger partial charge in [-0.1, -0.05) is 41.9 Å². The third-order valence-electron chi connectivity index (χ3n) is 4.36. The zero-order valence-electron chi connectivity index (χ0n) is 14.6. The second-order valence-corrected chi connectivity index (χ2v) is 8.56. The van der Waals surface area contributed by atoms with Gasteiger partial charge in [-0.25, -0.2) is 17.5 Å². The smallest absolute Gasteiger partial charge is 0.242 e. The Bertz CT molecular complexity index is 932. The van der Waals surface area contributed by atoms with Crippen molar-refractivity contribution in [3.05, 3.63) is 64.9 Å². The van der Waals surface area contributed by atoms with Gasteiger partial charge in [0.2, 0.25) is 15.9 Å². The predicted octanol–water partition coefficient (Wildman–Crippen LogP) is 3.34. The van der Waals surface area contributed by atoms with Gasteiger partial charge in [-0.2, -0.15) is 0 Å². The molecule has 27 heavy (non-hydrogen) atoms. The van der Waals surface area contributed by atoms with Crippen LogP contribution in [0.3, 0.4) is 0 Å². The summed E-state index contributed by atoms with van der Waals surface area (Å²) in [5, 5.41) is 0.121. The van der Waals surface area contributed by atoms with Crippen LogP contribution in [0, 0.1) is 5.82 Å².